The molecule has 0 aliphatic carbocycles. The maximum Gasteiger partial charge on any atom is 0.276 e. The molecule has 4 unspecified atom stereocenters. The zero-order chi connectivity index (χ0) is 26.8. The highest BCUT2D eigenvalue weighted by atomic mass is 79.9. The van der Waals surface area contributed by atoms with Crippen LogP contribution in [-0.4, -0.2) is 46.2 Å². The van der Waals surface area contributed by atoms with Crippen molar-refractivity contribution in [2.75, 3.05) is 19.6 Å². The van der Waals surface area contributed by atoms with Gasteiger partial charge in [-0.3, -0.25) is 9.78 Å². The van der Waals surface area contributed by atoms with Gasteiger partial charge < -0.3 is 31.9 Å². The fourth-order valence-corrected chi connectivity index (χ4v) is 7.11. The Labute approximate surface area is 246 Å². The van der Waals surface area contributed by atoms with Crippen molar-refractivity contribution in [3.8, 4) is 0 Å². The molecule has 0 saturated carbocycles. The number of hydrogen-bond acceptors (Lipinski definition) is 3. The number of benzene rings is 3. The van der Waals surface area contributed by atoms with E-state index in [-0.39, 0.29) is 35.0 Å². The summed E-state index contributed by atoms with van der Waals surface area (Å²) in [5.41, 5.74) is 3.89. The van der Waals surface area contributed by atoms with Crippen LogP contribution in [0.5, 0.6) is 0 Å². The normalized spacial score (nSPS) is 24.3. The fraction of sp³-hybridized carbons (Fsp3) is 0.294. The van der Waals surface area contributed by atoms with E-state index in [4.69, 9.17) is 0 Å². The maximum absolute atomic E-state index is 13.9. The average Bonchev–Trinajstić information content (AvgIpc) is 3.00. The third-order valence-electron chi connectivity index (χ3n) is 9.07. The van der Waals surface area contributed by atoms with Crippen LogP contribution < -0.4 is 22.3 Å². The van der Waals surface area contributed by atoms with Crippen LogP contribution in [0.25, 0.3) is 10.9 Å². The van der Waals surface area contributed by atoms with E-state index < -0.39 is 6.10 Å². The molecule has 1 aromatic heterocycles. The summed E-state index contributed by atoms with van der Waals surface area (Å²) in [6, 6.07) is 29.9. The van der Waals surface area contributed by atoms with E-state index in [1.165, 1.54) is 0 Å². The number of carbonyl (C=O) groups is 1. The molecule has 3 aliphatic heterocycles. The van der Waals surface area contributed by atoms with Crippen LogP contribution in [0.2, 0.25) is 0 Å². The quantitative estimate of drug-likeness (QED) is 0.242. The van der Waals surface area contributed by atoms with Crippen molar-refractivity contribution in [2.24, 2.45) is 11.8 Å². The van der Waals surface area contributed by atoms with Crippen molar-refractivity contribution in [1.29, 1.82) is 0 Å². The van der Waals surface area contributed by atoms with Gasteiger partial charge in [0, 0.05) is 30.3 Å². The number of nitrogens with zero attached hydrogens (tertiary/aromatic N) is 2. The number of rotatable bonds is 8. The van der Waals surface area contributed by atoms with Crippen LogP contribution in [0.1, 0.15) is 41.7 Å². The van der Waals surface area contributed by atoms with Crippen molar-refractivity contribution in [3.05, 3.63) is 127 Å². The summed E-state index contributed by atoms with van der Waals surface area (Å²) in [6.45, 7) is 6.17. The number of pyridine rings is 1. The lowest BCUT2D eigenvalue weighted by Crippen LogP contribution is -3.00. The number of aliphatic hydroxyl groups is 1. The zero-order valence-corrected chi connectivity index (χ0v) is 24.2. The number of halogens is 1. The van der Waals surface area contributed by atoms with E-state index in [1.807, 2.05) is 66.7 Å². The molecular weight excluding hydrogens is 562 g/mol. The lowest BCUT2D eigenvalue weighted by Gasteiger charge is -2.57. The van der Waals surface area contributed by atoms with E-state index in [1.54, 1.807) is 6.20 Å². The molecule has 7 rings (SSSR count). The Kier molecular flexibility index (Phi) is 8.50. The first kappa shape index (κ1) is 28.2. The number of para-hydroxylation sites is 1. The van der Waals surface area contributed by atoms with Gasteiger partial charge in [0.2, 0.25) is 0 Å². The molecule has 5 nitrogen and oxygen atoms in total. The van der Waals surface area contributed by atoms with Gasteiger partial charge in [0.15, 0.2) is 6.54 Å². The Morgan fingerprint density at radius 1 is 1.00 bits per heavy atom. The van der Waals surface area contributed by atoms with E-state index in [2.05, 4.69) is 47.2 Å². The number of aliphatic hydroxyl groups excluding tert-OH is 1. The molecule has 206 valence electrons. The fourth-order valence-electron chi connectivity index (χ4n) is 7.11. The Balaban J connectivity index is 0.00000323. The molecule has 2 N–H and O–H groups in total. The standard InChI is InChI=1S/C34H35N3O2.BrH/c1-2-24-22-37(23-32(38)36-33(25-11-5-3-6-12-25)26-13-7-4-8-14-26)20-18-27(24)21-31(37)34(39)29-17-19-35-30-16-10-9-15-28(29)30;/h2-17,19,24,27,31,33-34,39H,1,18,20-23H2;1H/t24?,27?,31?,34?,37-;/m0./s1. The van der Waals surface area contributed by atoms with E-state index in [0.717, 1.165) is 53.5 Å². The summed E-state index contributed by atoms with van der Waals surface area (Å²) < 4.78 is 0.577. The Morgan fingerprint density at radius 3 is 2.33 bits per heavy atom. The molecule has 2 bridgehead atoms. The molecule has 5 atom stereocenters. The van der Waals surface area contributed by atoms with Gasteiger partial charge in [0.25, 0.3) is 5.91 Å². The van der Waals surface area contributed by atoms with Gasteiger partial charge in [0.05, 0.1) is 24.6 Å². The van der Waals surface area contributed by atoms with E-state index >= 15 is 0 Å². The number of piperidine rings is 3. The van der Waals surface area contributed by atoms with Crippen molar-refractivity contribution in [1.82, 2.24) is 10.3 Å². The molecule has 1 amide bonds. The molecule has 3 saturated heterocycles. The van der Waals surface area contributed by atoms with Gasteiger partial charge >= 0.3 is 0 Å². The zero-order valence-electron chi connectivity index (χ0n) is 22.6. The smallest absolute Gasteiger partial charge is 0.276 e. The molecule has 3 aromatic carbocycles. The number of nitrogens with one attached hydrogen (secondary N) is 1. The van der Waals surface area contributed by atoms with Crippen LogP contribution >= 0.6 is 0 Å². The molecule has 4 heterocycles. The topological polar surface area (TPSA) is 62.2 Å². The van der Waals surface area contributed by atoms with E-state index in [0.29, 0.717) is 22.9 Å². The van der Waals surface area contributed by atoms with Gasteiger partial charge in [-0.1, -0.05) is 84.9 Å². The Morgan fingerprint density at radius 2 is 1.65 bits per heavy atom. The van der Waals surface area contributed by atoms with Crippen molar-refractivity contribution < 1.29 is 31.4 Å². The number of aromatic nitrogens is 1. The molecule has 0 radical (unpaired) electrons. The van der Waals surface area contributed by atoms with Crippen LogP contribution in [0.15, 0.2) is 110 Å². The highest BCUT2D eigenvalue weighted by Crippen LogP contribution is 2.47. The third-order valence-corrected chi connectivity index (χ3v) is 9.07. The van der Waals surface area contributed by atoms with Crippen LogP contribution in [-0.2, 0) is 4.79 Å². The predicted octanol–water partition coefficient (Wildman–Crippen LogP) is 2.59. The second kappa shape index (κ2) is 12.0. The largest absolute Gasteiger partial charge is 1.00 e. The molecule has 3 aliphatic rings. The number of carbonyl (C=O) groups excluding carboxylic acids is 1. The molecule has 4 aromatic rings. The predicted molar refractivity (Wildman–Crippen MR) is 155 cm³/mol. The summed E-state index contributed by atoms with van der Waals surface area (Å²) in [7, 11) is 0. The number of quaternary nitrogens is 1. The molecule has 3 fully saturated rings. The summed E-state index contributed by atoms with van der Waals surface area (Å²) in [6.07, 6.45) is 5.09. The summed E-state index contributed by atoms with van der Waals surface area (Å²) >= 11 is 0. The van der Waals surface area contributed by atoms with Crippen molar-refractivity contribution >= 4 is 16.8 Å². The highest BCUT2D eigenvalue weighted by molar-refractivity contribution is 5.82. The number of fused-ring (bicyclic) bond motifs is 4. The average molecular weight is 599 g/mol. The minimum Gasteiger partial charge on any atom is -1.00 e. The highest BCUT2D eigenvalue weighted by Gasteiger charge is 2.54. The minimum atomic E-state index is -0.682. The molecule has 6 heteroatoms. The lowest BCUT2D eigenvalue weighted by atomic mass is 9.71. The van der Waals surface area contributed by atoms with Gasteiger partial charge in [-0.15, -0.1) is 6.58 Å². The van der Waals surface area contributed by atoms with Crippen molar-refractivity contribution in [2.45, 2.75) is 31.0 Å². The van der Waals surface area contributed by atoms with Gasteiger partial charge in [0.1, 0.15) is 12.1 Å². The van der Waals surface area contributed by atoms with E-state index in [9.17, 15) is 9.90 Å². The minimum absolute atomic E-state index is 0. The van der Waals surface area contributed by atoms with Crippen LogP contribution in [0.4, 0.5) is 0 Å². The Hall–Kier alpha value is -3.32. The summed E-state index contributed by atoms with van der Waals surface area (Å²) in [4.78, 5) is 18.4. The number of hydrogen-bond donors (Lipinski definition) is 2. The molecule has 0 spiro atoms. The first-order valence-electron chi connectivity index (χ1n) is 14.0. The van der Waals surface area contributed by atoms with Crippen molar-refractivity contribution in [3.63, 3.8) is 0 Å². The second-order valence-electron chi connectivity index (χ2n) is 11.2. The number of amides is 1. The van der Waals surface area contributed by atoms with Gasteiger partial charge in [-0.2, -0.15) is 0 Å². The lowest BCUT2D eigenvalue weighted by molar-refractivity contribution is -0.966. The van der Waals surface area contributed by atoms with Crippen LogP contribution in [0, 0.1) is 11.8 Å². The van der Waals surface area contributed by atoms with Gasteiger partial charge in [-0.05, 0) is 34.7 Å². The second-order valence-corrected chi connectivity index (χ2v) is 11.2. The first-order chi connectivity index (χ1) is 19.1. The third kappa shape index (κ3) is 5.36. The first-order valence-corrected chi connectivity index (χ1v) is 14.0. The summed E-state index contributed by atoms with van der Waals surface area (Å²) in [5.74, 6) is 0.843. The molecule has 40 heavy (non-hydrogen) atoms. The maximum atomic E-state index is 13.9. The van der Waals surface area contributed by atoms with Crippen LogP contribution in [0.3, 0.4) is 0 Å². The SMILES string of the molecule is C=CC1C[N@+]2(CC(=O)NC(c3ccccc3)c3ccccc3)CCC1CC2C(O)c1ccnc2ccccc12.[Br-]. The Bertz CT molecular complexity index is 1420. The summed E-state index contributed by atoms with van der Waals surface area (Å²) in [5, 5.41) is 16.3. The van der Waals surface area contributed by atoms with Gasteiger partial charge in [-0.25, -0.2) is 0 Å². The molecular formula is C34H36BrN3O2. The monoisotopic (exact) mass is 597 g/mol.